The summed E-state index contributed by atoms with van der Waals surface area (Å²) in [4.78, 5) is 105. The van der Waals surface area contributed by atoms with Gasteiger partial charge < -0.3 is 34.5 Å². The van der Waals surface area contributed by atoms with E-state index in [0.717, 1.165) is 180 Å². The minimum absolute atomic E-state index is 0.0642. The van der Waals surface area contributed by atoms with Gasteiger partial charge in [-0.2, -0.15) is 0 Å². The Hall–Kier alpha value is -15.3. The molecule has 0 atom stereocenters. The molecule has 118 heavy (non-hydrogen) atoms. The summed E-state index contributed by atoms with van der Waals surface area (Å²) in [5, 5.41) is 5.68. The highest BCUT2D eigenvalue weighted by molar-refractivity contribution is 6.01. The van der Waals surface area contributed by atoms with Crippen molar-refractivity contribution in [3.05, 3.63) is 345 Å². The number of H-pyrrole nitrogens is 3. The highest BCUT2D eigenvalue weighted by atomic mass is 16.5. The molecule has 14 heterocycles. The lowest BCUT2D eigenvalue weighted by molar-refractivity contribution is -0.132. The van der Waals surface area contributed by atoms with Gasteiger partial charge in [0, 0.05) is 101 Å². The number of cyclic esters (lactones) is 1. The second-order valence-corrected chi connectivity index (χ2v) is 28.7. The molecule has 22 heteroatoms. The molecule has 7 aromatic carbocycles. The van der Waals surface area contributed by atoms with Crippen molar-refractivity contribution in [1.29, 1.82) is 0 Å². The number of benzene rings is 7. The van der Waals surface area contributed by atoms with Gasteiger partial charge in [-0.3, -0.25) is 54.3 Å². The number of ether oxygens (including phenoxy) is 2. The Morgan fingerprint density at radius 2 is 0.746 bits per heavy atom. The van der Waals surface area contributed by atoms with Gasteiger partial charge in [0.05, 0.1) is 98.6 Å². The quantitative estimate of drug-likeness (QED) is 0.0731. The molecule has 2 amide bonds. The van der Waals surface area contributed by atoms with Crippen molar-refractivity contribution < 1.29 is 33.1 Å². The third kappa shape index (κ3) is 19.1. The topological polar surface area (TPSA) is 304 Å². The van der Waals surface area contributed by atoms with Crippen LogP contribution in [0.2, 0.25) is 0 Å². The van der Waals surface area contributed by atoms with Crippen LogP contribution in [-0.2, 0) is 45.0 Å². The average Bonchev–Trinajstić information content (AvgIpc) is 1.64. The fourth-order valence-electron chi connectivity index (χ4n) is 13.8. The molecule has 4 aliphatic heterocycles. The molecule has 582 valence electrons. The molecule has 0 aliphatic carbocycles. The number of imidazole rings is 2. The zero-order valence-electron chi connectivity index (χ0n) is 65.9. The lowest BCUT2D eigenvalue weighted by Crippen LogP contribution is -2.03. The first-order chi connectivity index (χ1) is 57.2. The number of esters is 2. The number of oxazole rings is 1. The maximum atomic E-state index is 11.3. The van der Waals surface area contributed by atoms with Crippen LogP contribution in [0.4, 0.5) is 11.4 Å². The molecule has 0 saturated heterocycles. The first kappa shape index (κ1) is 78.0. The molecule has 0 saturated carbocycles. The van der Waals surface area contributed by atoms with Crippen LogP contribution in [0.25, 0.3) is 112 Å². The summed E-state index contributed by atoms with van der Waals surface area (Å²) >= 11 is 0. The number of rotatable bonds is 7. The molecular weight excluding hydrogens is 1480 g/mol. The summed E-state index contributed by atoms with van der Waals surface area (Å²) in [5.41, 5.74) is 32.7. The number of aromatic nitrogens is 12. The number of nitrogens with one attached hydrogen (secondary N) is 5. The minimum atomic E-state index is -0.436. The standard InChI is InChI=1S/C14H13N3.2C14H12N2O.2C14H11NO2.C13H11N3.C13H10N2O2/c1-9-4-3-5-12(15-9)11-6-7-13-14(8-11)17-10(2)16-13;1-9-3-2-4-12(15-9)10-5-6-13-11(7-10)8-14(17)16-13;1-9-3-2-4-12(15-9)10-5-6-11-8-14(17)16-13(11)7-10;1-9-3-2-4-13(15-9)10-5-6-12-11(7-10)8-17-14(12)16;1-9-3-2-4-12(15-9)10-5-6-13-11(7-10)8-14(16)17-13;1-9-3-2-4-11(16-9)10-5-6-12-13(7-10)15-8-14-12;1-8-3-2-4-10(14-8)9-5-6-12-11(7-9)15-13(16)17-12/h3-8H,1-2H3,(H,16,17);2*2-7H,8H2,1H3,(H,16,17);2*2-7H,8H2,1H3;2-8H,1H3,(H,14,15);2-7H,1H3,(H,15,16). The van der Waals surface area contributed by atoms with E-state index in [1.165, 1.54) is 0 Å². The Kier molecular flexibility index (Phi) is 23.1. The number of anilines is 2. The molecule has 5 N–H and O–H groups in total. The van der Waals surface area contributed by atoms with Crippen LogP contribution < -0.4 is 21.1 Å². The highest BCUT2D eigenvalue weighted by Gasteiger charge is 2.24. The second-order valence-electron chi connectivity index (χ2n) is 28.7. The summed E-state index contributed by atoms with van der Waals surface area (Å²) < 4.78 is 15.0. The Balaban J connectivity index is 0.000000108. The van der Waals surface area contributed by atoms with Crippen LogP contribution in [0, 0.1) is 55.4 Å². The Morgan fingerprint density at radius 1 is 0.331 bits per heavy atom. The third-order valence-corrected chi connectivity index (χ3v) is 19.5. The van der Waals surface area contributed by atoms with Crippen LogP contribution in [0.15, 0.2) is 270 Å². The van der Waals surface area contributed by atoms with E-state index in [1.807, 2.05) is 286 Å². The fourth-order valence-corrected chi connectivity index (χ4v) is 13.8. The maximum absolute atomic E-state index is 11.3. The van der Waals surface area contributed by atoms with Crippen molar-refractivity contribution in [2.45, 2.75) is 81.3 Å². The van der Waals surface area contributed by atoms with Crippen LogP contribution in [0.5, 0.6) is 5.75 Å². The molecule has 0 radical (unpaired) electrons. The molecule has 22 nitrogen and oxygen atoms in total. The molecule has 0 unspecified atom stereocenters. The normalized spacial score (nSPS) is 12.3. The second kappa shape index (κ2) is 35.0. The monoisotopic (exact) mass is 1560 g/mol. The van der Waals surface area contributed by atoms with E-state index in [4.69, 9.17) is 13.9 Å². The number of carbonyl (C=O) groups excluding carboxylic acids is 4. The first-order valence-corrected chi connectivity index (χ1v) is 38.3. The molecule has 0 bridgehead atoms. The SMILES string of the molecule is Cc1cccc(-c2ccc3c(c2)CC(=O)N3)n1.Cc1cccc(-c2ccc3c(c2)CC(=O)O3)n1.Cc1cccc(-c2ccc3c(c2)COC3=O)n1.Cc1cccc(-c2ccc3c(c2)NC(=O)C3)n1.Cc1cccc(-c2ccc3nc(C)[nH]c3c2)n1.Cc1cccc(-c2ccc3nc[nH]c3c2)n1.Cc1cccc(-c2ccc3oc(=O)[nH]c3c2)n1. The number of aromatic amines is 3. The minimum Gasteiger partial charge on any atom is -0.457 e. The molecule has 4 aliphatic rings. The summed E-state index contributed by atoms with van der Waals surface area (Å²) in [6.07, 6.45) is 3.01. The van der Waals surface area contributed by atoms with Crippen molar-refractivity contribution in [3.8, 4) is 84.6 Å². The molecular formula is C96H80N14O8. The van der Waals surface area contributed by atoms with Gasteiger partial charge in [0.2, 0.25) is 11.8 Å². The fraction of sp³-hybridized carbons (Fsp3) is 0.125. The van der Waals surface area contributed by atoms with Gasteiger partial charge in [-0.25, -0.2) is 19.6 Å². The summed E-state index contributed by atoms with van der Waals surface area (Å²) in [6.45, 7) is 16.1. The van der Waals surface area contributed by atoms with E-state index in [1.54, 1.807) is 12.4 Å². The van der Waals surface area contributed by atoms with Crippen LogP contribution in [0.1, 0.15) is 78.3 Å². The Morgan fingerprint density at radius 3 is 1.27 bits per heavy atom. The number of nitrogens with zero attached hydrogens (tertiary/aromatic N) is 9. The van der Waals surface area contributed by atoms with E-state index < -0.39 is 5.76 Å². The van der Waals surface area contributed by atoms with Gasteiger partial charge >= 0.3 is 17.7 Å². The van der Waals surface area contributed by atoms with E-state index in [0.29, 0.717) is 48.3 Å². The van der Waals surface area contributed by atoms with Gasteiger partial charge in [-0.05, 0) is 242 Å². The Bertz CT molecular complexity index is 6480. The molecule has 0 fully saturated rings. The van der Waals surface area contributed by atoms with E-state index >= 15 is 0 Å². The van der Waals surface area contributed by atoms with Gasteiger partial charge in [-0.15, -0.1) is 0 Å². The number of hydrogen-bond donors (Lipinski definition) is 5. The van der Waals surface area contributed by atoms with Gasteiger partial charge in [0.1, 0.15) is 18.2 Å². The van der Waals surface area contributed by atoms with Gasteiger partial charge in [0.15, 0.2) is 5.58 Å². The number of carbonyl (C=O) groups is 4. The Labute approximate surface area is 679 Å². The predicted molar refractivity (Wildman–Crippen MR) is 458 cm³/mol. The molecule has 10 aromatic heterocycles. The van der Waals surface area contributed by atoms with Crippen LogP contribution >= 0.6 is 0 Å². The summed E-state index contributed by atoms with van der Waals surface area (Å²) in [5.74, 6) is 0.886. The molecule has 17 aromatic rings. The zero-order chi connectivity index (χ0) is 81.9. The molecule has 0 spiro atoms. The highest BCUT2D eigenvalue weighted by Crippen LogP contribution is 2.34. The summed E-state index contributed by atoms with van der Waals surface area (Å²) in [7, 11) is 0. The third-order valence-electron chi connectivity index (χ3n) is 19.5. The van der Waals surface area contributed by atoms with Crippen LogP contribution in [-0.4, -0.2) is 83.6 Å². The van der Waals surface area contributed by atoms with Crippen molar-refractivity contribution in [3.63, 3.8) is 0 Å². The smallest absolute Gasteiger partial charge is 0.417 e. The number of aryl methyl sites for hydroxylation is 8. The summed E-state index contributed by atoms with van der Waals surface area (Å²) in [6, 6.07) is 82.9. The predicted octanol–water partition coefficient (Wildman–Crippen LogP) is 19.0. The van der Waals surface area contributed by atoms with E-state index in [2.05, 4.69) is 88.6 Å². The first-order valence-electron chi connectivity index (χ1n) is 38.3. The largest absolute Gasteiger partial charge is 0.457 e. The van der Waals surface area contributed by atoms with Crippen molar-refractivity contribution in [1.82, 2.24) is 59.8 Å². The maximum Gasteiger partial charge on any atom is 0.417 e. The van der Waals surface area contributed by atoms with Gasteiger partial charge in [0.25, 0.3) is 0 Å². The molecule has 21 rings (SSSR count). The number of hydrogen-bond acceptors (Lipinski definition) is 17. The average molecular weight is 1560 g/mol. The number of fused-ring (bicyclic) bond motifs is 7. The van der Waals surface area contributed by atoms with Crippen molar-refractivity contribution in [2.24, 2.45) is 0 Å². The lowest BCUT2D eigenvalue weighted by Gasteiger charge is -2.04. The number of amides is 2. The van der Waals surface area contributed by atoms with E-state index in [-0.39, 0.29) is 23.8 Å². The van der Waals surface area contributed by atoms with Gasteiger partial charge in [-0.1, -0.05) is 78.9 Å². The lowest BCUT2D eigenvalue weighted by atomic mass is 10.0. The van der Waals surface area contributed by atoms with Crippen LogP contribution in [0.3, 0.4) is 0 Å². The van der Waals surface area contributed by atoms with Crippen molar-refractivity contribution >= 4 is 68.3 Å². The zero-order valence-corrected chi connectivity index (χ0v) is 65.9. The number of pyridine rings is 7. The van der Waals surface area contributed by atoms with E-state index in [9.17, 15) is 24.0 Å². The van der Waals surface area contributed by atoms with Crippen molar-refractivity contribution in [2.75, 3.05) is 10.6 Å².